The van der Waals surface area contributed by atoms with Crippen molar-refractivity contribution in [3.8, 4) is 0 Å². The Labute approximate surface area is 160 Å². The van der Waals surface area contributed by atoms with Gasteiger partial charge in [0.1, 0.15) is 0 Å². The summed E-state index contributed by atoms with van der Waals surface area (Å²) in [5.74, 6) is -0.705. The number of hydrogen-bond donors (Lipinski definition) is 1. The van der Waals surface area contributed by atoms with Crippen LogP contribution in [0.4, 0.5) is 5.69 Å². The number of rotatable bonds is 4. The van der Waals surface area contributed by atoms with Crippen LogP contribution in [0.15, 0.2) is 53.7 Å². The molecule has 8 heteroatoms. The number of pyridine rings is 1. The van der Waals surface area contributed by atoms with E-state index >= 15 is 0 Å². The molecule has 0 aliphatic rings. The summed E-state index contributed by atoms with van der Waals surface area (Å²) in [6.07, 6.45) is 3.14. The van der Waals surface area contributed by atoms with Gasteiger partial charge in [-0.25, -0.2) is 8.42 Å². The summed E-state index contributed by atoms with van der Waals surface area (Å²) in [5, 5.41) is 4.19. The van der Waals surface area contributed by atoms with Crippen molar-refractivity contribution in [1.82, 2.24) is 4.98 Å². The number of sulfone groups is 1. The normalized spacial score (nSPS) is 11.5. The summed E-state index contributed by atoms with van der Waals surface area (Å²) in [5.41, 5.74) is 0.557. The second kappa shape index (κ2) is 7.23. The number of fused-ring (bicyclic) bond motifs is 1. The standard InChI is InChI=1S/C18H14Cl2N2O3S/c1-11(23)22-16-6-5-15(19)14(18(16)20)10-26(24,25)17-4-2-3-12-9-21-8-7-13(12)17/h2-9H,10H2,1H3,(H,22,23). The molecule has 0 unspecified atom stereocenters. The van der Waals surface area contributed by atoms with Crippen molar-refractivity contribution in [3.05, 3.63) is 64.4 Å². The van der Waals surface area contributed by atoms with Crippen LogP contribution in [0.25, 0.3) is 10.8 Å². The summed E-state index contributed by atoms with van der Waals surface area (Å²) in [6.45, 7) is 1.34. The zero-order valence-electron chi connectivity index (χ0n) is 13.7. The van der Waals surface area contributed by atoms with E-state index in [0.29, 0.717) is 11.1 Å². The highest BCUT2D eigenvalue weighted by Gasteiger charge is 2.23. The summed E-state index contributed by atoms with van der Waals surface area (Å²) >= 11 is 12.5. The molecular formula is C18H14Cl2N2O3S. The third-order valence-corrected chi connectivity index (χ3v) is 6.29. The largest absolute Gasteiger partial charge is 0.325 e. The van der Waals surface area contributed by atoms with Crippen molar-refractivity contribution >= 4 is 55.4 Å². The molecule has 0 spiro atoms. The highest BCUT2D eigenvalue weighted by Crippen LogP contribution is 2.35. The zero-order valence-corrected chi connectivity index (χ0v) is 16.0. The highest BCUT2D eigenvalue weighted by molar-refractivity contribution is 7.90. The van der Waals surface area contributed by atoms with Crippen LogP contribution in [-0.2, 0) is 20.4 Å². The summed E-state index contributed by atoms with van der Waals surface area (Å²) in [7, 11) is -3.74. The number of amides is 1. The molecule has 1 amide bonds. The molecular weight excluding hydrogens is 395 g/mol. The van der Waals surface area contributed by atoms with Crippen LogP contribution in [0.2, 0.25) is 10.0 Å². The van der Waals surface area contributed by atoms with E-state index < -0.39 is 9.84 Å². The van der Waals surface area contributed by atoms with E-state index in [0.717, 1.165) is 5.39 Å². The van der Waals surface area contributed by atoms with Gasteiger partial charge in [-0.15, -0.1) is 0 Å². The van der Waals surface area contributed by atoms with Crippen LogP contribution in [0.5, 0.6) is 0 Å². The lowest BCUT2D eigenvalue weighted by molar-refractivity contribution is -0.114. The maximum absolute atomic E-state index is 13.0. The molecule has 0 fully saturated rings. The minimum absolute atomic E-state index is 0.109. The van der Waals surface area contributed by atoms with Gasteiger partial charge in [-0.05, 0) is 24.3 Å². The van der Waals surface area contributed by atoms with E-state index in [1.165, 1.54) is 25.1 Å². The van der Waals surface area contributed by atoms with Gasteiger partial charge >= 0.3 is 0 Å². The fourth-order valence-electron chi connectivity index (χ4n) is 2.65. The first-order chi connectivity index (χ1) is 12.3. The number of anilines is 1. The molecule has 1 N–H and O–H groups in total. The molecule has 2 aromatic carbocycles. The lowest BCUT2D eigenvalue weighted by atomic mass is 10.2. The smallest absolute Gasteiger partial charge is 0.221 e. The first-order valence-electron chi connectivity index (χ1n) is 7.59. The van der Waals surface area contributed by atoms with Gasteiger partial charge in [-0.1, -0.05) is 35.3 Å². The number of nitrogens with zero attached hydrogens (tertiary/aromatic N) is 1. The van der Waals surface area contributed by atoms with Crippen LogP contribution in [0.1, 0.15) is 12.5 Å². The van der Waals surface area contributed by atoms with E-state index in [1.807, 2.05) is 0 Å². The Balaban J connectivity index is 2.09. The molecule has 0 saturated heterocycles. The lowest BCUT2D eigenvalue weighted by Gasteiger charge is -2.13. The SMILES string of the molecule is CC(=O)Nc1ccc(Cl)c(CS(=O)(=O)c2cccc3cnccc23)c1Cl. The van der Waals surface area contributed by atoms with Gasteiger partial charge in [0.25, 0.3) is 0 Å². The van der Waals surface area contributed by atoms with Gasteiger partial charge in [0.15, 0.2) is 9.84 Å². The van der Waals surface area contributed by atoms with E-state index in [9.17, 15) is 13.2 Å². The van der Waals surface area contributed by atoms with Gasteiger partial charge in [0.2, 0.25) is 5.91 Å². The topological polar surface area (TPSA) is 76.1 Å². The second-order valence-electron chi connectivity index (χ2n) is 5.68. The summed E-state index contributed by atoms with van der Waals surface area (Å²) in [6, 6.07) is 9.69. The van der Waals surface area contributed by atoms with Gasteiger partial charge < -0.3 is 5.32 Å². The Hall–Kier alpha value is -2.15. The van der Waals surface area contributed by atoms with Crippen LogP contribution >= 0.6 is 23.2 Å². The number of benzene rings is 2. The zero-order chi connectivity index (χ0) is 18.9. The Morgan fingerprint density at radius 2 is 1.92 bits per heavy atom. The summed E-state index contributed by atoms with van der Waals surface area (Å²) < 4.78 is 26.1. The first-order valence-corrected chi connectivity index (χ1v) is 10.0. The van der Waals surface area contributed by atoms with Crippen molar-refractivity contribution in [2.24, 2.45) is 0 Å². The molecule has 3 rings (SSSR count). The maximum atomic E-state index is 13.0. The lowest BCUT2D eigenvalue weighted by Crippen LogP contribution is -2.10. The second-order valence-corrected chi connectivity index (χ2v) is 8.42. The molecule has 1 heterocycles. The molecule has 1 aromatic heterocycles. The minimum atomic E-state index is -3.74. The van der Waals surface area contributed by atoms with Crippen LogP contribution in [0.3, 0.4) is 0 Å². The molecule has 0 aliphatic heterocycles. The highest BCUT2D eigenvalue weighted by atomic mass is 35.5. The molecule has 0 aliphatic carbocycles. The van der Waals surface area contributed by atoms with Gasteiger partial charge in [0, 0.05) is 40.7 Å². The molecule has 0 bridgehead atoms. The van der Waals surface area contributed by atoms with E-state index in [2.05, 4.69) is 10.3 Å². The van der Waals surface area contributed by atoms with Crippen LogP contribution in [-0.4, -0.2) is 19.3 Å². The molecule has 3 aromatic rings. The van der Waals surface area contributed by atoms with E-state index in [1.54, 1.807) is 30.6 Å². The number of carbonyl (C=O) groups is 1. The number of halogens is 2. The predicted molar refractivity (Wildman–Crippen MR) is 103 cm³/mol. The monoisotopic (exact) mass is 408 g/mol. The van der Waals surface area contributed by atoms with Crippen molar-refractivity contribution < 1.29 is 13.2 Å². The Morgan fingerprint density at radius 1 is 1.15 bits per heavy atom. The van der Waals surface area contributed by atoms with E-state index in [4.69, 9.17) is 23.2 Å². The van der Waals surface area contributed by atoms with Gasteiger partial charge in [0.05, 0.1) is 21.4 Å². The Kier molecular flexibility index (Phi) is 5.18. The van der Waals surface area contributed by atoms with Crippen molar-refractivity contribution in [3.63, 3.8) is 0 Å². The van der Waals surface area contributed by atoms with Crippen LogP contribution < -0.4 is 5.32 Å². The first kappa shape index (κ1) is 18.6. The molecule has 0 saturated carbocycles. The number of hydrogen-bond acceptors (Lipinski definition) is 4. The predicted octanol–water partition coefficient (Wildman–Crippen LogP) is 4.47. The number of aromatic nitrogens is 1. The Bertz CT molecular complexity index is 1110. The Morgan fingerprint density at radius 3 is 2.65 bits per heavy atom. The van der Waals surface area contributed by atoms with Gasteiger partial charge in [-0.3, -0.25) is 9.78 Å². The number of carbonyl (C=O) groups excluding carboxylic acids is 1. The molecule has 26 heavy (non-hydrogen) atoms. The fourth-order valence-corrected chi connectivity index (χ4v) is 5.00. The van der Waals surface area contributed by atoms with Crippen molar-refractivity contribution in [2.75, 3.05) is 5.32 Å². The summed E-state index contributed by atoms with van der Waals surface area (Å²) in [4.78, 5) is 15.5. The minimum Gasteiger partial charge on any atom is -0.325 e. The molecule has 5 nitrogen and oxygen atoms in total. The average Bonchev–Trinajstić information content (AvgIpc) is 2.60. The van der Waals surface area contributed by atoms with Crippen molar-refractivity contribution in [1.29, 1.82) is 0 Å². The van der Waals surface area contributed by atoms with Gasteiger partial charge in [-0.2, -0.15) is 0 Å². The molecule has 134 valence electrons. The fraction of sp³-hybridized carbons (Fsp3) is 0.111. The molecule has 0 radical (unpaired) electrons. The van der Waals surface area contributed by atoms with E-state index in [-0.39, 0.29) is 32.2 Å². The van der Waals surface area contributed by atoms with Crippen molar-refractivity contribution in [2.45, 2.75) is 17.6 Å². The molecule has 0 atom stereocenters. The van der Waals surface area contributed by atoms with Crippen LogP contribution in [0, 0.1) is 0 Å². The average molecular weight is 409 g/mol. The maximum Gasteiger partial charge on any atom is 0.221 e. The number of nitrogens with one attached hydrogen (secondary N) is 1. The quantitative estimate of drug-likeness (QED) is 0.690. The third-order valence-electron chi connectivity index (χ3n) is 3.81. The third kappa shape index (κ3) is 3.67.